The van der Waals surface area contributed by atoms with Crippen LogP contribution in [0.2, 0.25) is 0 Å². The average molecular weight is 290 g/mol. The molecule has 0 saturated carbocycles. The zero-order chi connectivity index (χ0) is 15.4. The van der Waals surface area contributed by atoms with Crippen LogP contribution < -0.4 is 5.73 Å². The Kier molecular flexibility index (Phi) is 4.36. The Bertz CT molecular complexity index is 663. The molecule has 0 fully saturated rings. The van der Waals surface area contributed by atoms with Crippen LogP contribution in [-0.2, 0) is 0 Å². The Hall–Kier alpha value is -2.64. The molecule has 112 valence electrons. The number of fused-ring (bicyclic) bond motifs is 1. The van der Waals surface area contributed by atoms with Gasteiger partial charge in [0.05, 0.1) is 23.5 Å². The molecular formula is C13H18N6O2. The lowest BCUT2D eigenvalue weighted by Gasteiger charge is -2.26. The number of aromatic nitrogens is 3. The molecule has 2 rings (SSSR count). The molecule has 0 saturated heterocycles. The van der Waals surface area contributed by atoms with E-state index in [1.165, 1.54) is 6.20 Å². The number of carbonyl (C=O) groups is 1. The number of rotatable bonds is 5. The molecule has 2 aromatic heterocycles. The summed E-state index contributed by atoms with van der Waals surface area (Å²) in [6, 6.07) is -0.0179. The molecule has 0 unspecified atom stereocenters. The minimum atomic E-state index is -0.154. The average Bonchev–Trinajstić information content (AvgIpc) is 2.90. The minimum Gasteiger partial charge on any atom is -0.409 e. The SMILES string of the molecule is CC(C)N(CC/C(N)=N/O)C(=O)c1cnn2ccncc12. The van der Waals surface area contributed by atoms with Gasteiger partial charge in [-0.05, 0) is 13.8 Å². The highest BCUT2D eigenvalue weighted by molar-refractivity contribution is 6.00. The van der Waals surface area contributed by atoms with Crippen LogP contribution in [0, 0.1) is 0 Å². The second kappa shape index (κ2) is 6.21. The van der Waals surface area contributed by atoms with Gasteiger partial charge in [0, 0.05) is 31.4 Å². The summed E-state index contributed by atoms with van der Waals surface area (Å²) in [6.45, 7) is 4.19. The predicted molar refractivity (Wildman–Crippen MR) is 77.2 cm³/mol. The molecule has 0 spiro atoms. The summed E-state index contributed by atoms with van der Waals surface area (Å²) < 4.78 is 1.60. The molecule has 2 heterocycles. The van der Waals surface area contributed by atoms with E-state index in [9.17, 15) is 4.79 Å². The number of nitrogens with zero attached hydrogens (tertiary/aromatic N) is 5. The van der Waals surface area contributed by atoms with Crippen LogP contribution in [0.5, 0.6) is 0 Å². The van der Waals surface area contributed by atoms with Crippen LogP contribution in [-0.4, -0.2) is 49.0 Å². The normalized spacial score (nSPS) is 12.0. The molecule has 0 radical (unpaired) electrons. The van der Waals surface area contributed by atoms with E-state index in [4.69, 9.17) is 10.9 Å². The lowest BCUT2D eigenvalue weighted by Crippen LogP contribution is -2.39. The van der Waals surface area contributed by atoms with E-state index in [-0.39, 0.29) is 17.8 Å². The van der Waals surface area contributed by atoms with Gasteiger partial charge in [0.25, 0.3) is 5.91 Å². The Morgan fingerprint density at radius 3 is 2.95 bits per heavy atom. The van der Waals surface area contributed by atoms with Gasteiger partial charge in [-0.1, -0.05) is 5.16 Å². The van der Waals surface area contributed by atoms with Gasteiger partial charge in [0.15, 0.2) is 0 Å². The van der Waals surface area contributed by atoms with E-state index in [2.05, 4.69) is 15.2 Å². The summed E-state index contributed by atoms with van der Waals surface area (Å²) in [5.41, 5.74) is 6.60. The number of hydrogen-bond donors (Lipinski definition) is 2. The first-order valence-electron chi connectivity index (χ1n) is 6.59. The molecule has 0 aliphatic carbocycles. The van der Waals surface area contributed by atoms with Gasteiger partial charge >= 0.3 is 0 Å². The van der Waals surface area contributed by atoms with Gasteiger partial charge in [-0.25, -0.2) is 4.52 Å². The Labute approximate surface area is 121 Å². The van der Waals surface area contributed by atoms with Gasteiger partial charge in [-0.15, -0.1) is 0 Å². The summed E-state index contributed by atoms with van der Waals surface area (Å²) in [4.78, 5) is 18.3. The van der Waals surface area contributed by atoms with Crippen molar-refractivity contribution in [1.29, 1.82) is 0 Å². The van der Waals surface area contributed by atoms with E-state index >= 15 is 0 Å². The molecule has 3 N–H and O–H groups in total. The third kappa shape index (κ3) is 3.10. The van der Waals surface area contributed by atoms with Crippen LogP contribution in [0.1, 0.15) is 30.6 Å². The second-order valence-corrected chi connectivity index (χ2v) is 4.90. The molecule has 0 aromatic carbocycles. The summed E-state index contributed by atoms with van der Waals surface area (Å²) in [5, 5.41) is 15.6. The molecule has 2 aromatic rings. The first-order chi connectivity index (χ1) is 10.0. The first-order valence-corrected chi connectivity index (χ1v) is 6.59. The highest BCUT2D eigenvalue weighted by Gasteiger charge is 2.22. The van der Waals surface area contributed by atoms with Crippen molar-refractivity contribution in [3.05, 3.63) is 30.4 Å². The Morgan fingerprint density at radius 2 is 2.29 bits per heavy atom. The van der Waals surface area contributed by atoms with Crippen LogP contribution in [0.3, 0.4) is 0 Å². The van der Waals surface area contributed by atoms with Crippen molar-refractivity contribution < 1.29 is 10.0 Å². The smallest absolute Gasteiger partial charge is 0.257 e. The molecule has 8 nitrogen and oxygen atoms in total. The highest BCUT2D eigenvalue weighted by atomic mass is 16.4. The third-order valence-corrected chi connectivity index (χ3v) is 3.18. The van der Waals surface area contributed by atoms with Crippen molar-refractivity contribution >= 4 is 17.3 Å². The highest BCUT2D eigenvalue weighted by Crippen LogP contribution is 2.14. The van der Waals surface area contributed by atoms with Gasteiger partial charge in [-0.3, -0.25) is 9.78 Å². The zero-order valence-electron chi connectivity index (χ0n) is 12.0. The maximum Gasteiger partial charge on any atom is 0.257 e. The van der Waals surface area contributed by atoms with E-state index in [0.717, 1.165) is 0 Å². The summed E-state index contributed by atoms with van der Waals surface area (Å²) in [5.74, 6) is -0.0614. The fraction of sp³-hybridized carbons (Fsp3) is 0.385. The van der Waals surface area contributed by atoms with E-state index in [1.54, 1.807) is 28.0 Å². The maximum atomic E-state index is 12.7. The van der Waals surface area contributed by atoms with Crippen molar-refractivity contribution in [3.63, 3.8) is 0 Å². The third-order valence-electron chi connectivity index (χ3n) is 3.18. The van der Waals surface area contributed by atoms with Gasteiger partial charge in [0.1, 0.15) is 5.84 Å². The fourth-order valence-electron chi connectivity index (χ4n) is 2.03. The van der Waals surface area contributed by atoms with Crippen molar-refractivity contribution in [2.75, 3.05) is 6.54 Å². The molecule has 0 aliphatic heterocycles. The lowest BCUT2D eigenvalue weighted by atomic mass is 10.2. The number of oxime groups is 1. The molecule has 0 atom stereocenters. The summed E-state index contributed by atoms with van der Waals surface area (Å²) in [6.07, 6.45) is 6.72. The van der Waals surface area contributed by atoms with Crippen LogP contribution >= 0.6 is 0 Å². The number of amides is 1. The lowest BCUT2D eigenvalue weighted by molar-refractivity contribution is 0.0713. The second-order valence-electron chi connectivity index (χ2n) is 4.90. The van der Waals surface area contributed by atoms with Crippen molar-refractivity contribution in [3.8, 4) is 0 Å². The monoisotopic (exact) mass is 290 g/mol. The van der Waals surface area contributed by atoms with Crippen molar-refractivity contribution in [2.45, 2.75) is 26.3 Å². The fourth-order valence-corrected chi connectivity index (χ4v) is 2.03. The molecule has 1 amide bonds. The quantitative estimate of drug-likeness (QED) is 0.365. The zero-order valence-corrected chi connectivity index (χ0v) is 12.0. The van der Waals surface area contributed by atoms with Gasteiger partial charge in [0.2, 0.25) is 0 Å². The molecular weight excluding hydrogens is 272 g/mol. The van der Waals surface area contributed by atoms with Crippen molar-refractivity contribution in [2.24, 2.45) is 10.9 Å². The summed E-state index contributed by atoms with van der Waals surface area (Å²) in [7, 11) is 0. The largest absolute Gasteiger partial charge is 0.409 e. The van der Waals surface area contributed by atoms with E-state index in [1.807, 2.05) is 13.8 Å². The number of hydrogen-bond acceptors (Lipinski definition) is 5. The predicted octanol–water partition coefficient (Wildman–Crippen LogP) is 0.716. The Morgan fingerprint density at radius 1 is 1.52 bits per heavy atom. The molecule has 8 heteroatoms. The van der Waals surface area contributed by atoms with Gasteiger partial charge in [-0.2, -0.15) is 5.10 Å². The molecule has 21 heavy (non-hydrogen) atoms. The van der Waals surface area contributed by atoms with E-state index < -0.39 is 0 Å². The van der Waals surface area contributed by atoms with E-state index in [0.29, 0.717) is 24.0 Å². The minimum absolute atomic E-state index is 0.0179. The number of amidine groups is 1. The molecule has 0 aliphatic rings. The van der Waals surface area contributed by atoms with Crippen LogP contribution in [0.15, 0.2) is 29.9 Å². The van der Waals surface area contributed by atoms with Crippen LogP contribution in [0.25, 0.3) is 5.52 Å². The number of nitrogens with two attached hydrogens (primary N) is 1. The van der Waals surface area contributed by atoms with Gasteiger partial charge < -0.3 is 15.8 Å². The first kappa shape index (κ1) is 14.8. The number of carbonyl (C=O) groups excluding carboxylic acids is 1. The topological polar surface area (TPSA) is 109 Å². The Balaban J connectivity index is 2.26. The maximum absolute atomic E-state index is 12.7. The standard InChI is InChI=1S/C13H18N6O2/c1-9(2)18(5-3-12(14)17-21)13(20)10-7-16-19-6-4-15-8-11(10)19/h4,6-9,21H,3,5H2,1-2H3,(H2,14,17). The molecule has 0 bridgehead atoms. The van der Waals surface area contributed by atoms with Crippen molar-refractivity contribution in [1.82, 2.24) is 19.5 Å². The van der Waals surface area contributed by atoms with Crippen LogP contribution in [0.4, 0.5) is 0 Å². The summed E-state index contributed by atoms with van der Waals surface area (Å²) >= 11 is 0.